The van der Waals surface area contributed by atoms with Gasteiger partial charge in [-0.25, -0.2) is 0 Å². The summed E-state index contributed by atoms with van der Waals surface area (Å²) in [6.07, 6.45) is 0.675. The van der Waals surface area contributed by atoms with Gasteiger partial charge in [0.25, 0.3) is 10.1 Å². The predicted octanol–water partition coefficient (Wildman–Crippen LogP) is -0.490. The maximum atomic E-state index is 11.1. The van der Waals surface area contributed by atoms with Crippen molar-refractivity contribution in [2.24, 2.45) is 5.92 Å². The van der Waals surface area contributed by atoms with E-state index in [2.05, 4.69) is 5.32 Å². The molecule has 0 radical (unpaired) electrons. The Kier molecular flexibility index (Phi) is 10.5. The zero-order valence-electron chi connectivity index (χ0n) is 8.49. The van der Waals surface area contributed by atoms with Crippen LogP contribution in [-0.2, 0) is 14.9 Å². The van der Waals surface area contributed by atoms with Crippen molar-refractivity contribution >= 4 is 53.8 Å². The Morgan fingerprint density at radius 2 is 1.93 bits per heavy atom. The van der Waals surface area contributed by atoms with Crippen molar-refractivity contribution in [1.82, 2.24) is 5.32 Å². The molecule has 0 heterocycles. The first-order chi connectivity index (χ1) is 6.31. The molecule has 5 nitrogen and oxygen atoms in total. The summed E-state index contributed by atoms with van der Waals surface area (Å²) in [5, 5.41) is 2.57. The number of hydrogen-bond donors (Lipinski definition) is 2. The van der Waals surface area contributed by atoms with Crippen LogP contribution < -0.4 is 5.32 Å². The molecule has 7 heteroatoms. The molecule has 0 bridgehead atoms. The minimum atomic E-state index is -3.90. The molecule has 2 N–H and O–H groups in total. The Bertz CT molecular complexity index is 276. The fourth-order valence-electron chi connectivity index (χ4n) is 0.925. The number of carbonyl (C=O) groups is 1. The fourth-order valence-corrected chi connectivity index (χ4v) is 1.43. The number of nitrogens with one attached hydrogen (secondary N) is 1. The summed E-state index contributed by atoms with van der Waals surface area (Å²) >= 11 is 0. The van der Waals surface area contributed by atoms with E-state index in [1.807, 2.05) is 13.8 Å². The summed E-state index contributed by atoms with van der Waals surface area (Å²) in [5.74, 6) is -0.110. The third-order valence-corrected chi connectivity index (χ3v) is 2.30. The molecule has 0 unspecified atom stereocenters. The van der Waals surface area contributed by atoms with Crippen molar-refractivity contribution in [3.63, 3.8) is 0 Å². The Hall–Kier alpha value is 0.640. The second kappa shape index (κ2) is 8.75. The molecule has 0 aliphatic heterocycles. The summed E-state index contributed by atoms with van der Waals surface area (Å²) in [6, 6.07) is 0. The fraction of sp³-hybridized carbons (Fsp3) is 0.875. The maximum absolute atomic E-state index is 11.1. The van der Waals surface area contributed by atoms with E-state index in [1.54, 1.807) is 0 Å². The van der Waals surface area contributed by atoms with Gasteiger partial charge in [-0.05, 0) is 12.3 Å². The Labute approximate surface area is 121 Å². The van der Waals surface area contributed by atoms with Crippen molar-refractivity contribution in [2.45, 2.75) is 26.7 Å². The van der Waals surface area contributed by atoms with E-state index < -0.39 is 10.1 Å². The van der Waals surface area contributed by atoms with Crippen LogP contribution in [0.2, 0.25) is 0 Å². The molecule has 15 heavy (non-hydrogen) atoms. The number of amides is 1. The first kappa shape index (κ1) is 18.0. The van der Waals surface area contributed by atoms with Gasteiger partial charge in [0.05, 0.1) is 5.75 Å². The minimum absolute atomic E-state index is 0. The standard InChI is InChI=1S/C8H17NO4S.Ca.2H/c1-7(2)6-8(10)9-4-3-5-14(11,12)13;;;/h7H,3-6H2,1-2H3,(H,9,10)(H,11,12,13);;;. The van der Waals surface area contributed by atoms with Crippen LogP contribution >= 0.6 is 0 Å². The van der Waals surface area contributed by atoms with Gasteiger partial charge >= 0.3 is 37.7 Å². The third-order valence-electron chi connectivity index (χ3n) is 1.49. The van der Waals surface area contributed by atoms with Gasteiger partial charge in [-0.15, -0.1) is 0 Å². The SMILES string of the molecule is CC(C)CC(=O)NCCCS(=O)(=O)O.[CaH2]. The molecule has 0 aliphatic carbocycles. The molecule has 0 aliphatic rings. The molecule has 0 aromatic carbocycles. The Morgan fingerprint density at radius 1 is 1.40 bits per heavy atom. The molecule has 0 spiro atoms. The number of rotatable bonds is 6. The zero-order chi connectivity index (χ0) is 11.2. The molecule has 0 aromatic rings. The van der Waals surface area contributed by atoms with Crippen LogP contribution in [-0.4, -0.2) is 68.9 Å². The van der Waals surface area contributed by atoms with E-state index in [4.69, 9.17) is 4.55 Å². The summed E-state index contributed by atoms with van der Waals surface area (Å²) in [6.45, 7) is 4.14. The van der Waals surface area contributed by atoms with Gasteiger partial charge in [-0.2, -0.15) is 8.42 Å². The van der Waals surface area contributed by atoms with E-state index in [0.717, 1.165) is 0 Å². The molecule has 0 rings (SSSR count). The average molecular weight is 265 g/mol. The van der Waals surface area contributed by atoms with Crippen LogP contribution in [0.1, 0.15) is 26.7 Å². The van der Waals surface area contributed by atoms with Gasteiger partial charge in [0.1, 0.15) is 0 Å². The quantitative estimate of drug-likeness (QED) is 0.386. The second-order valence-corrected chi connectivity index (χ2v) is 5.16. The van der Waals surface area contributed by atoms with Gasteiger partial charge in [-0.1, -0.05) is 13.8 Å². The van der Waals surface area contributed by atoms with Crippen molar-refractivity contribution in [1.29, 1.82) is 0 Å². The summed E-state index contributed by atoms with van der Waals surface area (Å²) in [4.78, 5) is 11.1. The normalized spacial score (nSPS) is 10.9. The Morgan fingerprint density at radius 3 is 2.33 bits per heavy atom. The topological polar surface area (TPSA) is 83.5 Å². The molecule has 0 fully saturated rings. The van der Waals surface area contributed by atoms with Gasteiger partial charge in [0.2, 0.25) is 5.91 Å². The molecule has 0 saturated heterocycles. The van der Waals surface area contributed by atoms with E-state index in [9.17, 15) is 13.2 Å². The summed E-state index contributed by atoms with van der Waals surface area (Å²) < 4.78 is 29.0. The van der Waals surface area contributed by atoms with Crippen LogP contribution in [0.3, 0.4) is 0 Å². The summed E-state index contributed by atoms with van der Waals surface area (Å²) in [5.41, 5.74) is 0. The molecule has 88 valence electrons. The zero-order valence-corrected chi connectivity index (χ0v) is 9.30. The van der Waals surface area contributed by atoms with E-state index in [0.29, 0.717) is 6.42 Å². The molecular formula is C8H19CaNO4S. The van der Waals surface area contributed by atoms with Crippen LogP contribution in [0.15, 0.2) is 0 Å². The number of carbonyl (C=O) groups excluding carboxylic acids is 1. The van der Waals surface area contributed by atoms with E-state index in [1.165, 1.54) is 0 Å². The molecular weight excluding hydrogens is 246 g/mol. The summed E-state index contributed by atoms with van der Waals surface area (Å²) in [7, 11) is -3.90. The first-order valence-corrected chi connectivity index (χ1v) is 6.14. The Balaban J connectivity index is 0. The monoisotopic (exact) mass is 265 g/mol. The van der Waals surface area contributed by atoms with Crippen LogP contribution in [0, 0.1) is 5.92 Å². The van der Waals surface area contributed by atoms with Gasteiger partial charge in [0, 0.05) is 13.0 Å². The van der Waals surface area contributed by atoms with Gasteiger partial charge < -0.3 is 5.32 Å². The first-order valence-electron chi connectivity index (χ1n) is 4.53. The van der Waals surface area contributed by atoms with Crippen molar-refractivity contribution in [2.75, 3.05) is 12.3 Å². The number of hydrogen-bond acceptors (Lipinski definition) is 3. The van der Waals surface area contributed by atoms with E-state index in [-0.39, 0.29) is 68.3 Å². The predicted molar refractivity (Wildman–Crippen MR) is 62.0 cm³/mol. The van der Waals surface area contributed by atoms with Crippen molar-refractivity contribution in [3.8, 4) is 0 Å². The van der Waals surface area contributed by atoms with Gasteiger partial charge in [-0.3, -0.25) is 9.35 Å². The van der Waals surface area contributed by atoms with Crippen molar-refractivity contribution in [3.05, 3.63) is 0 Å². The van der Waals surface area contributed by atoms with Crippen LogP contribution in [0.4, 0.5) is 0 Å². The van der Waals surface area contributed by atoms with Gasteiger partial charge in [0.15, 0.2) is 0 Å². The van der Waals surface area contributed by atoms with Crippen molar-refractivity contribution < 1.29 is 17.8 Å². The van der Waals surface area contributed by atoms with E-state index >= 15 is 0 Å². The average Bonchev–Trinajstić information content (AvgIpc) is 1.95. The third kappa shape index (κ3) is 14.6. The molecule has 0 saturated carbocycles. The van der Waals surface area contributed by atoms with Crippen LogP contribution in [0.25, 0.3) is 0 Å². The molecule has 0 atom stereocenters. The van der Waals surface area contributed by atoms with Crippen LogP contribution in [0.5, 0.6) is 0 Å². The molecule has 1 amide bonds. The molecule has 0 aromatic heterocycles. The second-order valence-electron chi connectivity index (χ2n) is 3.59.